The summed E-state index contributed by atoms with van der Waals surface area (Å²) in [5.74, 6) is 0.827. The van der Waals surface area contributed by atoms with E-state index in [2.05, 4.69) is 15.9 Å². The lowest BCUT2D eigenvalue weighted by atomic mass is 10.1. The third-order valence-electron chi connectivity index (χ3n) is 3.10. The van der Waals surface area contributed by atoms with Gasteiger partial charge < -0.3 is 15.2 Å². The standard InChI is InChI=1S/C16H17BrFNO2/c1-10(19)14-5-4-13(8-15(14)18)21-9-11-7-12(17)3-6-16(11)20-2/h3-8,10H,9,19H2,1-2H3/t10-/m1/s1. The van der Waals surface area contributed by atoms with Crippen LogP contribution in [-0.4, -0.2) is 7.11 Å². The summed E-state index contributed by atoms with van der Waals surface area (Å²) in [6.45, 7) is 2.03. The summed E-state index contributed by atoms with van der Waals surface area (Å²) in [7, 11) is 1.60. The van der Waals surface area contributed by atoms with Crippen LogP contribution in [0, 0.1) is 5.82 Å². The van der Waals surface area contributed by atoms with E-state index in [1.165, 1.54) is 6.07 Å². The number of nitrogens with two attached hydrogens (primary N) is 1. The first-order valence-electron chi connectivity index (χ1n) is 6.51. The van der Waals surface area contributed by atoms with E-state index in [1.54, 1.807) is 26.2 Å². The highest BCUT2D eigenvalue weighted by molar-refractivity contribution is 9.10. The largest absolute Gasteiger partial charge is 0.496 e. The van der Waals surface area contributed by atoms with Crippen molar-refractivity contribution in [2.24, 2.45) is 5.73 Å². The molecule has 0 heterocycles. The molecule has 0 spiro atoms. The molecule has 0 fully saturated rings. The van der Waals surface area contributed by atoms with Gasteiger partial charge in [0, 0.05) is 27.7 Å². The van der Waals surface area contributed by atoms with Gasteiger partial charge in [-0.05, 0) is 31.2 Å². The predicted molar refractivity (Wildman–Crippen MR) is 84.0 cm³/mol. The molecule has 0 saturated heterocycles. The van der Waals surface area contributed by atoms with E-state index in [-0.39, 0.29) is 11.9 Å². The van der Waals surface area contributed by atoms with Gasteiger partial charge in [-0.15, -0.1) is 0 Å². The molecule has 0 aliphatic heterocycles. The van der Waals surface area contributed by atoms with Gasteiger partial charge in [-0.1, -0.05) is 22.0 Å². The third-order valence-corrected chi connectivity index (χ3v) is 3.59. The van der Waals surface area contributed by atoms with Crippen molar-refractivity contribution < 1.29 is 13.9 Å². The van der Waals surface area contributed by atoms with Crippen molar-refractivity contribution in [3.63, 3.8) is 0 Å². The van der Waals surface area contributed by atoms with Gasteiger partial charge in [0.2, 0.25) is 0 Å². The number of hydrogen-bond acceptors (Lipinski definition) is 3. The molecule has 0 aliphatic carbocycles. The summed E-state index contributed by atoms with van der Waals surface area (Å²) in [5, 5.41) is 0. The fraction of sp³-hybridized carbons (Fsp3) is 0.250. The van der Waals surface area contributed by atoms with Gasteiger partial charge in [0.05, 0.1) is 7.11 Å². The Morgan fingerprint density at radius 1 is 1.24 bits per heavy atom. The molecular formula is C16H17BrFNO2. The number of ether oxygens (including phenoxy) is 2. The predicted octanol–water partition coefficient (Wildman–Crippen LogP) is 4.20. The molecule has 1 atom stereocenters. The number of benzene rings is 2. The average molecular weight is 354 g/mol. The van der Waals surface area contributed by atoms with Crippen molar-refractivity contribution in [3.8, 4) is 11.5 Å². The first kappa shape index (κ1) is 15.8. The summed E-state index contributed by atoms with van der Waals surface area (Å²) in [6, 6.07) is 10.0. The Bertz CT molecular complexity index is 632. The lowest BCUT2D eigenvalue weighted by molar-refractivity contribution is 0.295. The summed E-state index contributed by atoms with van der Waals surface area (Å²) in [6.07, 6.45) is 0. The maximum absolute atomic E-state index is 13.8. The molecule has 21 heavy (non-hydrogen) atoms. The van der Waals surface area contributed by atoms with E-state index in [0.717, 1.165) is 15.8 Å². The molecule has 0 aromatic heterocycles. The van der Waals surface area contributed by atoms with Crippen LogP contribution < -0.4 is 15.2 Å². The number of methoxy groups -OCH3 is 1. The fourth-order valence-electron chi connectivity index (χ4n) is 1.99. The molecule has 2 rings (SSSR count). The molecule has 2 aromatic carbocycles. The molecule has 2 aromatic rings. The Morgan fingerprint density at radius 3 is 2.62 bits per heavy atom. The zero-order chi connectivity index (χ0) is 15.4. The van der Waals surface area contributed by atoms with Crippen LogP contribution >= 0.6 is 15.9 Å². The van der Waals surface area contributed by atoms with Gasteiger partial charge in [0.25, 0.3) is 0 Å². The van der Waals surface area contributed by atoms with Gasteiger partial charge in [0.15, 0.2) is 0 Å². The van der Waals surface area contributed by atoms with E-state index in [9.17, 15) is 4.39 Å². The normalized spacial score (nSPS) is 12.0. The van der Waals surface area contributed by atoms with Crippen molar-refractivity contribution in [2.75, 3.05) is 7.11 Å². The second kappa shape index (κ2) is 6.91. The monoisotopic (exact) mass is 353 g/mol. The van der Waals surface area contributed by atoms with Crippen LogP contribution in [0.4, 0.5) is 4.39 Å². The molecule has 5 heteroatoms. The number of halogens is 2. The Labute approximate surface area is 132 Å². The van der Waals surface area contributed by atoms with Crippen LogP contribution in [0.5, 0.6) is 11.5 Å². The maximum Gasteiger partial charge on any atom is 0.131 e. The lowest BCUT2D eigenvalue weighted by Crippen LogP contribution is -2.07. The summed E-state index contributed by atoms with van der Waals surface area (Å²) >= 11 is 3.40. The number of rotatable bonds is 5. The van der Waals surface area contributed by atoms with Crippen molar-refractivity contribution >= 4 is 15.9 Å². The van der Waals surface area contributed by atoms with Crippen LogP contribution in [0.3, 0.4) is 0 Å². The maximum atomic E-state index is 13.8. The Morgan fingerprint density at radius 2 is 2.00 bits per heavy atom. The van der Waals surface area contributed by atoms with Crippen LogP contribution in [0.15, 0.2) is 40.9 Å². The van der Waals surface area contributed by atoms with Crippen LogP contribution in [0.25, 0.3) is 0 Å². The third kappa shape index (κ3) is 3.95. The van der Waals surface area contributed by atoms with Gasteiger partial charge >= 0.3 is 0 Å². The van der Waals surface area contributed by atoms with Crippen molar-refractivity contribution in [1.82, 2.24) is 0 Å². The molecule has 0 unspecified atom stereocenters. The lowest BCUT2D eigenvalue weighted by Gasteiger charge is -2.12. The van der Waals surface area contributed by atoms with E-state index in [4.69, 9.17) is 15.2 Å². The van der Waals surface area contributed by atoms with Crippen molar-refractivity contribution in [2.45, 2.75) is 19.6 Å². The Balaban J connectivity index is 2.13. The molecule has 2 N–H and O–H groups in total. The van der Waals surface area contributed by atoms with Crippen LogP contribution in [0.2, 0.25) is 0 Å². The van der Waals surface area contributed by atoms with Gasteiger partial charge in [-0.3, -0.25) is 0 Å². The van der Waals surface area contributed by atoms with E-state index < -0.39 is 0 Å². The molecule has 112 valence electrons. The summed E-state index contributed by atoms with van der Waals surface area (Å²) in [5.41, 5.74) is 7.03. The molecular weight excluding hydrogens is 337 g/mol. The summed E-state index contributed by atoms with van der Waals surface area (Å²) < 4.78 is 25.7. The molecule has 0 aliphatic rings. The second-order valence-electron chi connectivity index (χ2n) is 4.72. The quantitative estimate of drug-likeness (QED) is 0.876. The topological polar surface area (TPSA) is 44.5 Å². The SMILES string of the molecule is COc1ccc(Br)cc1COc1ccc([C@@H](C)N)c(F)c1. The molecule has 0 saturated carbocycles. The highest BCUT2D eigenvalue weighted by atomic mass is 79.9. The fourth-order valence-corrected chi connectivity index (χ4v) is 2.40. The van der Waals surface area contributed by atoms with Gasteiger partial charge in [-0.25, -0.2) is 4.39 Å². The smallest absolute Gasteiger partial charge is 0.131 e. The van der Waals surface area contributed by atoms with Crippen LogP contribution in [-0.2, 0) is 6.61 Å². The first-order valence-corrected chi connectivity index (χ1v) is 7.31. The zero-order valence-corrected chi connectivity index (χ0v) is 13.5. The van der Waals surface area contributed by atoms with E-state index in [1.807, 2.05) is 18.2 Å². The number of hydrogen-bond donors (Lipinski definition) is 1. The van der Waals surface area contributed by atoms with Crippen LogP contribution in [0.1, 0.15) is 24.1 Å². The minimum atomic E-state index is -0.358. The first-order chi connectivity index (χ1) is 10.0. The van der Waals surface area contributed by atoms with E-state index in [0.29, 0.717) is 17.9 Å². The van der Waals surface area contributed by atoms with E-state index >= 15 is 0 Å². The molecule has 3 nitrogen and oxygen atoms in total. The summed E-state index contributed by atoms with van der Waals surface area (Å²) in [4.78, 5) is 0. The van der Waals surface area contributed by atoms with Crippen molar-refractivity contribution in [3.05, 3.63) is 57.8 Å². The van der Waals surface area contributed by atoms with Crippen molar-refractivity contribution in [1.29, 1.82) is 0 Å². The average Bonchev–Trinajstić information content (AvgIpc) is 2.45. The Hall–Kier alpha value is -1.59. The molecule has 0 radical (unpaired) electrons. The minimum Gasteiger partial charge on any atom is -0.496 e. The highest BCUT2D eigenvalue weighted by Gasteiger charge is 2.09. The zero-order valence-electron chi connectivity index (χ0n) is 11.9. The Kier molecular flexibility index (Phi) is 5.20. The molecule has 0 amide bonds. The van der Waals surface area contributed by atoms with Gasteiger partial charge in [0.1, 0.15) is 23.9 Å². The highest BCUT2D eigenvalue weighted by Crippen LogP contribution is 2.26. The van der Waals surface area contributed by atoms with Gasteiger partial charge in [-0.2, -0.15) is 0 Å². The second-order valence-corrected chi connectivity index (χ2v) is 5.63. The minimum absolute atomic E-state index is 0.291. The molecule has 0 bridgehead atoms.